The van der Waals surface area contributed by atoms with Gasteiger partial charge in [-0.05, 0) is 50.9 Å². The first kappa shape index (κ1) is 34.4. The number of rotatable bonds is 18. The highest BCUT2D eigenvalue weighted by molar-refractivity contribution is 5.82. The van der Waals surface area contributed by atoms with E-state index < -0.39 is 30.8 Å². The van der Waals surface area contributed by atoms with Crippen molar-refractivity contribution in [1.29, 1.82) is 0 Å². The lowest BCUT2D eigenvalue weighted by Crippen LogP contribution is -2.61. The van der Waals surface area contributed by atoms with Gasteiger partial charge >= 0.3 is 0 Å². The van der Waals surface area contributed by atoms with Crippen molar-refractivity contribution in [3.63, 3.8) is 0 Å². The number of morpholine rings is 1. The fourth-order valence-corrected chi connectivity index (χ4v) is 5.91. The minimum absolute atomic E-state index is 0.00489. The molecule has 1 saturated carbocycles. The molecule has 1 saturated heterocycles. The summed E-state index contributed by atoms with van der Waals surface area (Å²) >= 11 is 0. The summed E-state index contributed by atoms with van der Waals surface area (Å²) in [6.45, 7) is 8.37. The molecule has 2 fully saturated rings. The summed E-state index contributed by atoms with van der Waals surface area (Å²) in [7, 11) is 0. The van der Waals surface area contributed by atoms with Crippen molar-refractivity contribution >= 4 is 5.91 Å². The van der Waals surface area contributed by atoms with E-state index in [-0.39, 0.29) is 18.0 Å². The van der Waals surface area contributed by atoms with Crippen LogP contribution < -0.4 is 21.7 Å². The van der Waals surface area contributed by atoms with E-state index in [1.54, 1.807) is 0 Å². The maximum Gasteiger partial charge on any atom is 0.239 e. The molecule has 8 atom stereocenters. The number of aliphatic hydroxyl groups excluding tert-OH is 3. The minimum atomic E-state index is -1.01. The van der Waals surface area contributed by atoms with E-state index in [9.17, 15) is 20.1 Å². The summed E-state index contributed by atoms with van der Waals surface area (Å²) in [5.41, 5.74) is 6.12. The number of hydrogen-bond donors (Lipinski definition) is 7. The van der Waals surface area contributed by atoms with E-state index in [0.29, 0.717) is 57.9 Å². The van der Waals surface area contributed by atoms with Gasteiger partial charge in [-0.1, -0.05) is 59.3 Å². The molecule has 2 aliphatic rings. The smallest absolute Gasteiger partial charge is 0.239 e. The third kappa shape index (κ3) is 12.7. The van der Waals surface area contributed by atoms with Crippen LogP contribution in [0.5, 0.6) is 0 Å². The summed E-state index contributed by atoms with van der Waals surface area (Å²) < 4.78 is 5.40. The Morgan fingerprint density at radius 1 is 0.872 bits per heavy atom. The standard InChI is InChI=1S/C29H59N5O5/c1-4-7-13-25(29(38)34-16-18-39-19-17-34)33-28(37)24(10-6-3)32-27(36)23(9-5-2)31-26(35)20-21-11-8-12-22(30)15-14-21/h21-28,31-33,35-37H,4-20,30H2,1-3H3/t21-,22+,23?,24-,25-,26-,27?,28-/m0/s1. The molecule has 8 N–H and O–H groups in total. The highest BCUT2D eigenvalue weighted by Gasteiger charge is 2.32. The normalized spacial score (nSPS) is 25.4. The molecular weight excluding hydrogens is 498 g/mol. The highest BCUT2D eigenvalue weighted by atomic mass is 16.5. The topological polar surface area (TPSA) is 152 Å². The van der Waals surface area contributed by atoms with Gasteiger partial charge < -0.3 is 30.7 Å². The molecule has 1 aliphatic heterocycles. The molecule has 0 spiro atoms. The van der Waals surface area contributed by atoms with Crippen molar-refractivity contribution in [2.45, 2.75) is 147 Å². The van der Waals surface area contributed by atoms with Crippen molar-refractivity contribution in [1.82, 2.24) is 20.9 Å². The molecule has 0 bridgehead atoms. The average Bonchev–Trinajstić information content (AvgIpc) is 3.13. The van der Waals surface area contributed by atoms with E-state index in [2.05, 4.69) is 29.8 Å². The lowest BCUT2D eigenvalue weighted by molar-refractivity contribution is -0.139. The average molecular weight is 558 g/mol. The summed E-state index contributed by atoms with van der Waals surface area (Å²) in [4.78, 5) is 15.1. The second kappa shape index (κ2) is 19.3. The van der Waals surface area contributed by atoms with Crippen LogP contribution in [0, 0.1) is 5.92 Å². The Bertz CT molecular complexity index is 654. The van der Waals surface area contributed by atoms with Gasteiger partial charge in [0.15, 0.2) is 0 Å². The molecule has 1 amide bonds. The van der Waals surface area contributed by atoms with Crippen molar-refractivity contribution in [3.8, 4) is 0 Å². The van der Waals surface area contributed by atoms with Gasteiger partial charge in [0.25, 0.3) is 0 Å². The zero-order valence-corrected chi connectivity index (χ0v) is 24.8. The Balaban J connectivity index is 1.98. The van der Waals surface area contributed by atoms with Crippen molar-refractivity contribution in [2.24, 2.45) is 11.7 Å². The maximum absolute atomic E-state index is 13.2. The van der Waals surface area contributed by atoms with E-state index >= 15 is 0 Å². The Hall–Kier alpha value is -0.850. The third-order valence-corrected chi connectivity index (χ3v) is 8.28. The van der Waals surface area contributed by atoms with Crippen LogP contribution in [0.25, 0.3) is 0 Å². The van der Waals surface area contributed by atoms with Crippen molar-refractivity contribution in [2.75, 3.05) is 26.3 Å². The molecule has 2 rings (SSSR count). The SMILES string of the molecule is CCCC[C@H](N[C@@H](O)[C@H](CCC)NC(O)C(CCC)N[C@@H](O)C[C@H]1CCC[C@@H](N)CC1)C(=O)N1CCOCC1. The number of amides is 1. The van der Waals surface area contributed by atoms with Gasteiger partial charge in [-0.2, -0.15) is 0 Å². The fourth-order valence-electron chi connectivity index (χ4n) is 5.91. The van der Waals surface area contributed by atoms with Crippen molar-refractivity contribution < 1.29 is 24.9 Å². The van der Waals surface area contributed by atoms with Crippen LogP contribution in [0.1, 0.15) is 104 Å². The molecule has 10 nitrogen and oxygen atoms in total. The molecule has 0 aromatic rings. The largest absolute Gasteiger partial charge is 0.379 e. The molecule has 39 heavy (non-hydrogen) atoms. The monoisotopic (exact) mass is 557 g/mol. The van der Waals surface area contributed by atoms with Gasteiger partial charge in [-0.15, -0.1) is 0 Å². The highest BCUT2D eigenvalue weighted by Crippen LogP contribution is 2.26. The molecule has 0 aromatic carbocycles. The molecule has 2 unspecified atom stereocenters. The summed E-state index contributed by atoms with van der Waals surface area (Å²) in [6.07, 6.45) is 8.63. The van der Waals surface area contributed by atoms with Crippen LogP contribution in [0.3, 0.4) is 0 Å². The number of unbranched alkanes of at least 4 members (excludes halogenated alkanes) is 1. The lowest BCUT2D eigenvalue weighted by Gasteiger charge is -2.36. The quantitative estimate of drug-likeness (QED) is 0.0987. The third-order valence-electron chi connectivity index (χ3n) is 8.28. The first-order chi connectivity index (χ1) is 18.8. The second-order valence-corrected chi connectivity index (χ2v) is 11.7. The minimum Gasteiger partial charge on any atom is -0.379 e. The van der Waals surface area contributed by atoms with E-state index in [1.165, 1.54) is 0 Å². The van der Waals surface area contributed by atoms with Crippen molar-refractivity contribution in [3.05, 3.63) is 0 Å². The predicted octanol–water partition coefficient (Wildman–Crippen LogP) is 1.76. The van der Waals surface area contributed by atoms with Gasteiger partial charge in [-0.3, -0.25) is 20.7 Å². The summed E-state index contributed by atoms with van der Waals surface area (Å²) in [5, 5.41) is 42.9. The van der Waals surface area contributed by atoms with Crippen LogP contribution in [0.4, 0.5) is 0 Å². The molecule has 0 aromatic heterocycles. The Kier molecular flexibility index (Phi) is 17.0. The zero-order chi connectivity index (χ0) is 28.6. The predicted molar refractivity (Wildman–Crippen MR) is 155 cm³/mol. The number of nitrogens with zero attached hydrogens (tertiary/aromatic N) is 1. The number of ether oxygens (including phenoxy) is 1. The van der Waals surface area contributed by atoms with E-state index in [4.69, 9.17) is 10.5 Å². The number of hydrogen-bond acceptors (Lipinski definition) is 9. The van der Waals surface area contributed by atoms with Gasteiger partial charge in [0.05, 0.1) is 19.3 Å². The molecule has 0 radical (unpaired) electrons. The van der Waals surface area contributed by atoms with Crippen LogP contribution in [0.15, 0.2) is 0 Å². The fraction of sp³-hybridized carbons (Fsp3) is 0.966. The van der Waals surface area contributed by atoms with Crippen LogP contribution in [0.2, 0.25) is 0 Å². The Labute approximate surface area is 236 Å². The first-order valence-corrected chi connectivity index (χ1v) is 15.7. The molecular formula is C29H59N5O5. The van der Waals surface area contributed by atoms with Crippen LogP contribution >= 0.6 is 0 Å². The molecule has 1 heterocycles. The van der Waals surface area contributed by atoms with Gasteiger partial charge in [-0.25, -0.2) is 0 Å². The summed E-state index contributed by atoms with van der Waals surface area (Å²) in [6, 6.07) is -1.04. The van der Waals surface area contributed by atoms with E-state index in [1.807, 2.05) is 11.8 Å². The first-order valence-electron chi connectivity index (χ1n) is 15.7. The van der Waals surface area contributed by atoms with E-state index in [0.717, 1.165) is 57.8 Å². The molecule has 230 valence electrons. The summed E-state index contributed by atoms with van der Waals surface area (Å²) in [5.74, 6) is 0.422. The van der Waals surface area contributed by atoms with Gasteiger partial charge in [0.1, 0.15) is 18.7 Å². The van der Waals surface area contributed by atoms with Gasteiger partial charge in [0, 0.05) is 31.2 Å². The maximum atomic E-state index is 13.2. The number of nitrogens with two attached hydrogens (primary N) is 1. The Morgan fingerprint density at radius 3 is 2.15 bits per heavy atom. The molecule has 1 aliphatic carbocycles. The number of carbonyl (C=O) groups excluding carboxylic acids is 1. The van der Waals surface area contributed by atoms with Crippen LogP contribution in [-0.4, -0.2) is 95.3 Å². The zero-order valence-electron chi connectivity index (χ0n) is 24.8. The molecule has 10 heteroatoms. The number of carbonyl (C=O) groups is 1. The number of nitrogens with one attached hydrogen (secondary N) is 3. The van der Waals surface area contributed by atoms with Crippen LogP contribution in [-0.2, 0) is 9.53 Å². The number of aliphatic hydroxyl groups is 3. The lowest BCUT2D eigenvalue weighted by atomic mass is 9.95. The van der Waals surface area contributed by atoms with Gasteiger partial charge in [0.2, 0.25) is 5.91 Å². The Morgan fingerprint density at radius 2 is 1.51 bits per heavy atom. The second-order valence-electron chi connectivity index (χ2n) is 11.7.